The maximum Gasteiger partial charge on any atom is 0.245 e. The zero-order valence-electron chi connectivity index (χ0n) is 13.3. The largest absolute Gasteiger partial charge is 0.341 e. The summed E-state index contributed by atoms with van der Waals surface area (Å²) in [5.41, 5.74) is 5.97. The molecule has 1 fully saturated rings. The third kappa shape index (κ3) is 3.24. The van der Waals surface area contributed by atoms with Gasteiger partial charge in [-0.25, -0.2) is 4.68 Å². The second kappa shape index (κ2) is 6.82. The lowest BCUT2D eigenvalue weighted by Crippen LogP contribution is -2.48. The Morgan fingerprint density at radius 3 is 2.59 bits per heavy atom. The predicted molar refractivity (Wildman–Crippen MR) is 78.6 cm³/mol. The molecule has 9 heteroatoms. The molecule has 1 aromatic heterocycles. The van der Waals surface area contributed by atoms with Gasteiger partial charge in [0, 0.05) is 25.7 Å². The topological polar surface area (TPSA) is 110 Å². The summed E-state index contributed by atoms with van der Waals surface area (Å²) in [4.78, 5) is 28.4. The Labute approximate surface area is 129 Å². The molecule has 2 heterocycles. The number of tetrazole rings is 1. The summed E-state index contributed by atoms with van der Waals surface area (Å²) in [7, 11) is 0. The molecular formula is C13H23N7O2. The van der Waals surface area contributed by atoms with Gasteiger partial charge in [0.05, 0.1) is 0 Å². The Balaban J connectivity index is 2.11. The van der Waals surface area contributed by atoms with Crippen molar-refractivity contribution in [2.45, 2.75) is 45.8 Å². The van der Waals surface area contributed by atoms with Crippen molar-refractivity contribution in [3.8, 4) is 0 Å². The molecule has 0 aliphatic carbocycles. The van der Waals surface area contributed by atoms with Crippen molar-refractivity contribution >= 4 is 11.8 Å². The Hall–Kier alpha value is -2.03. The van der Waals surface area contributed by atoms with E-state index in [1.54, 1.807) is 16.7 Å². The normalized spacial score (nSPS) is 21.2. The summed E-state index contributed by atoms with van der Waals surface area (Å²) in [6.07, 6.45) is 0.496. The van der Waals surface area contributed by atoms with Gasteiger partial charge in [-0.1, -0.05) is 0 Å². The lowest BCUT2D eigenvalue weighted by molar-refractivity contribution is -0.144. The maximum absolute atomic E-state index is 12.6. The molecule has 0 saturated carbocycles. The molecule has 1 aromatic rings. The number of carbonyl (C=O) groups is 2. The van der Waals surface area contributed by atoms with Gasteiger partial charge in [-0.2, -0.15) is 0 Å². The number of hydrogen-bond donors (Lipinski definition) is 1. The van der Waals surface area contributed by atoms with Gasteiger partial charge in [0.25, 0.3) is 0 Å². The first-order valence-electron chi connectivity index (χ1n) is 7.54. The molecule has 2 rings (SSSR count). The zero-order valence-corrected chi connectivity index (χ0v) is 13.3. The molecule has 0 bridgehead atoms. The van der Waals surface area contributed by atoms with Crippen molar-refractivity contribution in [1.82, 2.24) is 30.0 Å². The molecule has 1 saturated heterocycles. The van der Waals surface area contributed by atoms with Crippen LogP contribution >= 0.6 is 0 Å². The minimum atomic E-state index is -0.487. The van der Waals surface area contributed by atoms with E-state index in [2.05, 4.69) is 15.5 Å². The van der Waals surface area contributed by atoms with E-state index in [0.717, 1.165) is 0 Å². The number of carbonyl (C=O) groups excluding carboxylic acids is 2. The lowest BCUT2D eigenvalue weighted by atomic mass is 10.1. The average Bonchev–Trinajstić information content (AvgIpc) is 3.06. The minimum Gasteiger partial charge on any atom is -0.341 e. The predicted octanol–water partition coefficient (Wildman–Crippen LogP) is -1.22. The average molecular weight is 309 g/mol. The van der Waals surface area contributed by atoms with E-state index in [4.69, 9.17) is 5.73 Å². The standard InChI is InChI=1S/C13H23N7O2/c1-4-18(5-2)13(22)11-6-10(14)7-19(11)12(21)8-20-9(3)15-16-17-20/h10-11H,4-8,14H2,1-3H3/t10-,11-/m0/s1. The number of aryl methyl sites for hydroxylation is 1. The SMILES string of the molecule is CCN(CC)C(=O)[C@@H]1C[C@H](N)CN1C(=O)Cn1nnnc1C. The number of nitrogens with zero attached hydrogens (tertiary/aromatic N) is 6. The van der Waals surface area contributed by atoms with E-state index in [1.165, 1.54) is 4.68 Å². The first-order valence-corrected chi connectivity index (χ1v) is 7.54. The van der Waals surface area contributed by atoms with Crippen LogP contribution in [-0.4, -0.2) is 73.5 Å². The molecule has 1 aliphatic rings. The van der Waals surface area contributed by atoms with Gasteiger partial charge in [-0.05, 0) is 37.6 Å². The van der Waals surface area contributed by atoms with Gasteiger partial charge in [-0.15, -0.1) is 5.10 Å². The number of aromatic nitrogens is 4. The van der Waals surface area contributed by atoms with E-state index in [-0.39, 0.29) is 24.4 Å². The molecule has 2 amide bonds. The molecule has 0 radical (unpaired) electrons. The van der Waals surface area contributed by atoms with Crippen LogP contribution in [0.2, 0.25) is 0 Å². The number of nitrogens with two attached hydrogens (primary N) is 1. The molecule has 122 valence electrons. The van der Waals surface area contributed by atoms with E-state index in [1.807, 2.05) is 13.8 Å². The fraction of sp³-hybridized carbons (Fsp3) is 0.769. The van der Waals surface area contributed by atoms with Crippen LogP contribution < -0.4 is 5.73 Å². The lowest BCUT2D eigenvalue weighted by Gasteiger charge is -2.28. The van der Waals surface area contributed by atoms with Gasteiger partial charge in [0.1, 0.15) is 18.4 Å². The zero-order chi connectivity index (χ0) is 16.3. The van der Waals surface area contributed by atoms with Crippen LogP contribution in [0.15, 0.2) is 0 Å². The Morgan fingerprint density at radius 1 is 1.36 bits per heavy atom. The number of likely N-dealkylation sites (N-methyl/N-ethyl adjacent to an activating group) is 1. The number of amides is 2. The molecule has 0 aromatic carbocycles. The fourth-order valence-corrected chi connectivity index (χ4v) is 2.74. The highest BCUT2D eigenvalue weighted by Crippen LogP contribution is 2.19. The Bertz CT molecular complexity index is 540. The second-order valence-corrected chi connectivity index (χ2v) is 5.45. The molecule has 0 unspecified atom stereocenters. The highest BCUT2D eigenvalue weighted by atomic mass is 16.2. The van der Waals surface area contributed by atoms with Crippen molar-refractivity contribution in [1.29, 1.82) is 0 Å². The summed E-state index contributed by atoms with van der Waals surface area (Å²) in [6.45, 7) is 7.22. The van der Waals surface area contributed by atoms with Crippen LogP contribution in [0.25, 0.3) is 0 Å². The molecule has 2 atom stereocenters. The summed E-state index contributed by atoms with van der Waals surface area (Å²) in [5, 5.41) is 11.0. The molecular weight excluding hydrogens is 286 g/mol. The molecule has 0 spiro atoms. The van der Waals surface area contributed by atoms with Crippen LogP contribution in [-0.2, 0) is 16.1 Å². The van der Waals surface area contributed by atoms with Gasteiger partial charge < -0.3 is 15.5 Å². The summed E-state index contributed by atoms with van der Waals surface area (Å²) < 4.78 is 1.42. The van der Waals surface area contributed by atoms with Crippen molar-refractivity contribution in [3.05, 3.63) is 5.82 Å². The van der Waals surface area contributed by atoms with Gasteiger partial charge in [0.15, 0.2) is 0 Å². The number of hydrogen-bond acceptors (Lipinski definition) is 6. The Morgan fingerprint density at radius 2 is 2.05 bits per heavy atom. The van der Waals surface area contributed by atoms with E-state index in [0.29, 0.717) is 31.9 Å². The second-order valence-electron chi connectivity index (χ2n) is 5.45. The summed E-state index contributed by atoms with van der Waals surface area (Å²) >= 11 is 0. The van der Waals surface area contributed by atoms with E-state index < -0.39 is 6.04 Å². The van der Waals surface area contributed by atoms with Crippen LogP contribution in [0.3, 0.4) is 0 Å². The highest BCUT2D eigenvalue weighted by Gasteiger charge is 2.39. The monoisotopic (exact) mass is 309 g/mol. The van der Waals surface area contributed by atoms with Crippen molar-refractivity contribution < 1.29 is 9.59 Å². The van der Waals surface area contributed by atoms with Crippen molar-refractivity contribution in [2.75, 3.05) is 19.6 Å². The first-order chi connectivity index (χ1) is 10.5. The van der Waals surface area contributed by atoms with E-state index in [9.17, 15) is 9.59 Å². The van der Waals surface area contributed by atoms with Crippen molar-refractivity contribution in [3.63, 3.8) is 0 Å². The highest BCUT2D eigenvalue weighted by molar-refractivity contribution is 5.88. The third-order valence-electron chi connectivity index (χ3n) is 4.01. The van der Waals surface area contributed by atoms with Gasteiger partial charge in [0.2, 0.25) is 11.8 Å². The molecule has 2 N–H and O–H groups in total. The molecule has 9 nitrogen and oxygen atoms in total. The first kappa shape index (κ1) is 16.3. The third-order valence-corrected chi connectivity index (χ3v) is 4.01. The van der Waals surface area contributed by atoms with Crippen LogP contribution in [0.4, 0.5) is 0 Å². The maximum atomic E-state index is 12.6. The molecule has 1 aliphatic heterocycles. The number of rotatable bonds is 5. The fourth-order valence-electron chi connectivity index (χ4n) is 2.74. The number of likely N-dealkylation sites (tertiary alicyclic amines) is 1. The molecule has 22 heavy (non-hydrogen) atoms. The van der Waals surface area contributed by atoms with Gasteiger partial charge in [-0.3, -0.25) is 9.59 Å². The van der Waals surface area contributed by atoms with E-state index >= 15 is 0 Å². The quantitative estimate of drug-likeness (QED) is 0.730. The minimum absolute atomic E-state index is 0.0214. The van der Waals surface area contributed by atoms with Crippen LogP contribution in [0.5, 0.6) is 0 Å². The summed E-state index contributed by atoms with van der Waals surface area (Å²) in [6, 6.07) is -0.664. The van der Waals surface area contributed by atoms with Crippen LogP contribution in [0, 0.1) is 6.92 Å². The Kier molecular flexibility index (Phi) is 5.07. The van der Waals surface area contributed by atoms with Crippen molar-refractivity contribution in [2.24, 2.45) is 5.73 Å². The van der Waals surface area contributed by atoms with Crippen LogP contribution in [0.1, 0.15) is 26.1 Å². The van der Waals surface area contributed by atoms with Gasteiger partial charge >= 0.3 is 0 Å². The summed E-state index contributed by atoms with van der Waals surface area (Å²) in [5.74, 6) is 0.331. The smallest absolute Gasteiger partial charge is 0.245 e.